The summed E-state index contributed by atoms with van der Waals surface area (Å²) in [5.41, 5.74) is 0.541. The third kappa shape index (κ3) is 2.25. The van der Waals surface area contributed by atoms with Gasteiger partial charge in [0.1, 0.15) is 17.3 Å². The van der Waals surface area contributed by atoms with Gasteiger partial charge in [-0.3, -0.25) is 14.9 Å². The van der Waals surface area contributed by atoms with E-state index in [9.17, 15) is 14.0 Å². The van der Waals surface area contributed by atoms with Crippen molar-refractivity contribution in [2.24, 2.45) is 0 Å². The van der Waals surface area contributed by atoms with E-state index >= 15 is 0 Å². The van der Waals surface area contributed by atoms with Crippen LogP contribution in [0.1, 0.15) is 15.9 Å². The Labute approximate surface area is 114 Å². The smallest absolute Gasteiger partial charge is 0.261 e. The fourth-order valence-electron chi connectivity index (χ4n) is 2.14. The number of hydrogen-bond acceptors (Lipinski definition) is 3. The van der Waals surface area contributed by atoms with Gasteiger partial charge in [-0.1, -0.05) is 18.2 Å². The van der Waals surface area contributed by atoms with Crippen LogP contribution in [0.5, 0.6) is 11.5 Å². The van der Waals surface area contributed by atoms with Crippen LogP contribution in [0.15, 0.2) is 42.5 Å². The van der Waals surface area contributed by atoms with Crippen LogP contribution in [0.2, 0.25) is 0 Å². The van der Waals surface area contributed by atoms with Crippen molar-refractivity contribution in [1.82, 2.24) is 5.32 Å². The molecule has 20 heavy (non-hydrogen) atoms. The molecule has 1 N–H and O–H groups in total. The molecule has 0 aliphatic carbocycles. The second-order valence-corrected chi connectivity index (χ2v) is 4.41. The molecule has 0 unspecified atom stereocenters. The lowest BCUT2D eigenvalue weighted by Crippen LogP contribution is -2.37. The maximum Gasteiger partial charge on any atom is 0.261 e. The van der Waals surface area contributed by atoms with Gasteiger partial charge in [-0.15, -0.1) is 0 Å². The first-order valence-electron chi connectivity index (χ1n) is 6.03. The van der Waals surface area contributed by atoms with Crippen molar-refractivity contribution >= 4 is 11.8 Å². The molecule has 5 heteroatoms. The van der Waals surface area contributed by atoms with E-state index in [-0.39, 0.29) is 17.7 Å². The minimum Gasteiger partial charge on any atom is -0.456 e. The molecule has 0 spiro atoms. The molecule has 100 valence electrons. The molecule has 0 atom stereocenters. The number of nitrogens with one attached hydrogen (secondary N) is 1. The number of rotatable bonds is 2. The molecule has 3 rings (SSSR count). The van der Waals surface area contributed by atoms with Gasteiger partial charge in [0.05, 0.1) is 12.0 Å². The van der Waals surface area contributed by atoms with E-state index in [4.69, 9.17) is 4.74 Å². The number of benzene rings is 2. The van der Waals surface area contributed by atoms with E-state index in [1.165, 1.54) is 6.07 Å². The summed E-state index contributed by atoms with van der Waals surface area (Å²) in [7, 11) is 0. The first-order chi connectivity index (χ1) is 9.63. The van der Waals surface area contributed by atoms with Crippen molar-refractivity contribution in [3.8, 4) is 11.5 Å². The maximum atomic E-state index is 13.6. The molecular weight excluding hydrogens is 261 g/mol. The Morgan fingerprint density at radius 1 is 1.10 bits per heavy atom. The first kappa shape index (κ1) is 12.3. The summed E-state index contributed by atoms with van der Waals surface area (Å²) in [5, 5.41) is 2.20. The summed E-state index contributed by atoms with van der Waals surface area (Å²) in [5.74, 6) is -0.959. The van der Waals surface area contributed by atoms with Crippen LogP contribution in [0.3, 0.4) is 0 Å². The van der Waals surface area contributed by atoms with Gasteiger partial charge in [-0.2, -0.15) is 0 Å². The number of hydrogen-bond donors (Lipinski definition) is 1. The van der Waals surface area contributed by atoms with Crippen molar-refractivity contribution in [2.45, 2.75) is 6.42 Å². The monoisotopic (exact) mass is 271 g/mol. The predicted octanol–water partition coefficient (Wildman–Crippen LogP) is 2.43. The fraction of sp³-hybridized carbons (Fsp3) is 0.0667. The lowest BCUT2D eigenvalue weighted by Gasteiger charge is -2.18. The average Bonchev–Trinajstić information content (AvgIpc) is 2.38. The van der Waals surface area contributed by atoms with Crippen LogP contribution in [0.25, 0.3) is 0 Å². The Kier molecular flexibility index (Phi) is 2.95. The highest BCUT2D eigenvalue weighted by molar-refractivity contribution is 6.11. The molecule has 0 aromatic heterocycles. The highest BCUT2D eigenvalue weighted by Gasteiger charge is 2.27. The largest absolute Gasteiger partial charge is 0.456 e. The van der Waals surface area contributed by atoms with Gasteiger partial charge >= 0.3 is 0 Å². The number of carbonyl (C=O) groups excluding carboxylic acids is 2. The van der Waals surface area contributed by atoms with Crippen LogP contribution in [0.4, 0.5) is 4.39 Å². The van der Waals surface area contributed by atoms with E-state index in [0.29, 0.717) is 11.3 Å². The summed E-state index contributed by atoms with van der Waals surface area (Å²) < 4.78 is 19.1. The number of carbonyl (C=O) groups is 2. The van der Waals surface area contributed by atoms with Crippen molar-refractivity contribution in [3.05, 3.63) is 59.4 Å². The molecule has 1 aliphatic rings. The second-order valence-electron chi connectivity index (χ2n) is 4.41. The molecule has 1 aliphatic heterocycles. The topological polar surface area (TPSA) is 55.4 Å². The number of imide groups is 1. The number of halogens is 1. The van der Waals surface area contributed by atoms with Crippen molar-refractivity contribution in [2.75, 3.05) is 0 Å². The van der Waals surface area contributed by atoms with Crippen molar-refractivity contribution < 1.29 is 18.7 Å². The van der Waals surface area contributed by atoms with E-state index in [2.05, 4.69) is 5.32 Å². The number of para-hydroxylation sites is 1. The van der Waals surface area contributed by atoms with E-state index in [1.807, 2.05) is 6.07 Å². The molecule has 0 radical (unpaired) electrons. The van der Waals surface area contributed by atoms with Crippen LogP contribution in [-0.2, 0) is 11.2 Å². The van der Waals surface area contributed by atoms with Gasteiger partial charge in [0.15, 0.2) is 0 Å². The van der Waals surface area contributed by atoms with Gasteiger partial charge in [-0.25, -0.2) is 4.39 Å². The standard InChI is InChI=1S/C15H10FNO3/c16-10-6-9-7-13(18)17-15(19)14(9)12(8-10)20-11-4-2-1-3-5-11/h1-6,8H,7H2,(H,17,18,19). The van der Waals surface area contributed by atoms with Crippen molar-refractivity contribution in [1.29, 1.82) is 0 Å². The van der Waals surface area contributed by atoms with E-state index < -0.39 is 17.6 Å². The third-order valence-electron chi connectivity index (χ3n) is 2.95. The Bertz CT molecular complexity index is 698. The molecule has 2 aromatic rings. The minimum absolute atomic E-state index is 0.0377. The maximum absolute atomic E-state index is 13.6. The zero-order chi connectivity index (χ0) is 14.1. The van der Waals surface area contributed by atoms with Crippen molar-refractivity contribution in [3.63, 3.8) is 0 Å². The van der Waals surface area contributed by atoms with Gasteiger partial charge in [0.25, 0.3) is 5.91 Å². The predicted molar refractivity (Wildman–Crippen MR) is 69.1 cm³/mol. The summed E-state index contributed by atoms with van der Waals surface area (Å²) in [6.45, 7) is 0. The molecule has 2 amide bonds. The Morgan fingerprint density at radius 3 is 2.60 bits per heavy atom. The fourth-order valence-corrected chi connectivity index (χ4v) is 2.14. The van der Waals surface area contributed by atoms with Crippen LogP contribution >= 0.6 is 0 Å². The number of ether oxygens (including phenoxy) is 1. The van der Waals surface area contributed by atoms with Crippen LogP contribution < -0.4 is 10.1 Å². The molecule has 0 bridgehead atoms. The minimum atomic E-state index is -0.567. The summed E-state index contributed by atoms with van der Waals surface area (Å²) in [6, 6.07) is 11.1. The lowest BCUT2D eigenvalue weighted by molar-refractivity contribution is -0.119. The Morgan fingerprint density at radius 2 is 1.85 bits per heavy atom. The second kappa shape index (κ2) is 4.77. The van der Waals surface area contributed by atoms with Gasteiger partial charge in [0.2, 0.25) is 5.91 Å². The van der Waals surface area contributed by atoms with Gasteiger partial charge < -0.3 is 4.74 Å². The summed E-state index contributed by atoms with van der Waals surface area (Å²) >= 11 is 0. The first-order valence-corrected chi connectivity index (χ1v) is 6.03. The molecule has 2 aromatic carbocycles. The summed E-state index contributed by atoms with van der Waals surface area (Å²) in [4.78, 5) is 23.2. The molecule has 0 saturated carbocycles. The molecule has 0 fully saturated rings. The van der Waals surface area contributed by atoms with E-state index in [1.54, 1.807) is 24.3 Å². The highest BCUT2D eigenvalue weighted by atomic mass is 19.1. The van der Waals surface area contributed by atoms with Gasteiger partial charge in [0, 0.05) is 6.07 Å². The SMILES string of the molecule is O=C1Cc2cc(F)cc(Oc3ccccc3)c2C(=O)N1. The van der Waals surface area contributed by atoms with Gasteiger partial charge in [-0.05, 0) is 23.8 Å². The normalized spacial score (nSPS) is 13.7. The molecule has 1 heterocycles. The molecule has 0 saturated heterocycles. The number of fused-ring (bicyclic) bond motifs is 1. The summed E-state index contributed by atoms with van der Waals surface area (Å²) in [6.07, 6.45) is -0.0377. The average molecular weight is 271 g/mol. The zero-order valence-corrected chi connectivity index (χ0v) is 10.4. The Balaban J connectivity index is 2.07. The van der Waals surface area contributed by atoms with E-state index in [0.717, 1.165) is 6.07 Å². The van der Waals surface area contributed by atoms with Crippen LogP contribution in [-0.4, -0.2) is 11.8 Å². The number of amides is 2. The quantitative estimate of drug-likeness (QED) is 0.853. The molecular formula is C15H10FNO3. The highest BCUT2D eigenvalue weighted by Crippen LogP contribution is 2.30. The lowest BCUT2D eigenvalue weighted by atomic mass is 9.98. The van der Waals surface area contributed by atoms with Crippen LogP contribution in [0, 0.1) is 5.82 Å². The third-order valence-corrected chi connectivity index (χ3v) is 2.95. The molecule has 4 nitrogen and oxygen atoms in total. The zero-order valence-electron chi connectivity index (χ0n) is 10.4. The Hall–Kier alpha value is -2.69.